The third-order valence-corrected chi connectivity index (χ3v) is 5.63. The maximum absolute atomic E-state index is 13.0. The van der Waals surface area contributed by atoms with Gasteiger partial charge in [-0.1, -0.05) is 35.9 Å². The van der Waals surface area contributed by atoms with Gasteiger partial charge in [0.1, 0.15) is 5.69 Å². The molecule has 6 nitrogen and oxygen atoms in total. The number of aromatic nitrogens is 2. The van der Waals surface area contributed by atoms with Crippen LogP contribution >= 0.6 is 0 Å². The van der Waals surface area contributed by atoms with Crippen LogP contribution in [0, 0.1) is 13.8 Å². The third kappa shape index (κ3) is 4.75. The monoisotopic (exact) mass is 416 g/mol. The van der Waals surface area contributed by atoms with Crippen molar-refractivity contribution in [2.75, 3.05) is 31.2 Å². The van der Waals surface area contributed by atoms with E-state index in [9.17, 15) is 4.79 Å². The predicted octanol–water partition coefficient (Wildman–Crippen LogP) is 4.09. The first-order valence-corrected chi connectivity index (χ1v) is 10.6. The number of rotatable bonds is 5. The molecule has 4 rings (SSSR count). The van der Waals surface area contributed by atoms with E-state index >= 15 is 0 Å². The Labute approximate surface area is 183 Å². The Morgan fingerprint density at radius 2 is 1.84 bits per heavy atom. The zero-order valence-electron chi connectivity index (χ0n) is 18.3. The molecule has 3 aromatic rings. The number of nitrogens with zero attached hydrogens (tertiary/aromatic N) is 3. The number of benzene rings is 2. The smallest absolute Gasteiger partial charge is 0.251 e. The van der Waals surface area contributed by atoms with Gasteiger partial charge in [0, 0.05) is 36.6 Å². The lowest BCUT2D eigenvalue weighted by Crippen LogP contribution is -2.37. The van der Waals surface area contributed by atoms with Crippen molar-refractivity contribution in [1.29, 1.82) is 0 Å². The quantitative estimate of drug-likeness (QED) is 0.679. The maximum Gasteiger partial charge on any atom is 0.251 e. The lowest BCUT2D eigenvalue weighted by atomic mass is 10.00. The van der Waals surface area contributed by atoms with Gasteiger partial charge in [-0.3, -0.25) is 9.78 Å². The van der Waals surface area contributed by atoms with Crippen molar-refractivity contribution in [1.82, 2.24) is 15.3 Å². The third-order valence-electron chi connectivity index (χ3n) is 5.63. The van der Waals surface area contributed by atoms with Gasteiger partial charge in [0.2, 0.25) is 0 Å². The number of anilines is 1. The Balaban J connectivity index is 1.57. The van der Waals surface area contributed by atoms with E-state index in [1.165, 1.54) is 11.1 Å². The second kappa shape index (κ2) is 9.27. The van der Waals surface area contributed by atoms with Crippen molar-refractivity contribution in [2.45, 2.75) is 26.8 Å². The molecule has 1 aliphatic rings. The Morgan fingerprint density at radius 1 is 1.06 bits per heavy atom. The molecule has 6 heteroatoms. The van der Waals surface area contributed by atoms with Crippen molar-refractivity contribution >= 4 is 11.7 Å². The lowest BCUT2D eigenvalue weighted by Gasteiger charge is -2.29. The molecule has 1 atom stereocenters. The van der Waals surface area contributed by atoms with Crippen LogP contribution in [-0.2, 0) is 4.74 Å². The minimum Gasteiger partial charge on any atom is -0.378 e. The summed E-state index contributed by atoms with van der Waals surface area (Å²) in [6, 6.07) is 13.8. The summed E-state index contributed by atoms with van der Waals surface area (Å²) in [5.74, 6) is 0.721. The molecule has 160 valence electrons. The molecule has 2 heterocycles. The van der Waals surface area contributed by atoms with Crippen molar-refractivity contribution in [3.8, 4) is 11.3 Å². The topological polar surface area (TPSA) is 67.4 Å². The van der Waals surface area contributed by atoms with Gasteiger partial charge in [-0.25, -0.2) is 4.98 Å². The molecule has 1 aromatic heterocycles. The zero-order chi connectivity index (χ0) is 21.8. The van der Waals surface area contributed by atoms with Crippen LogP contribution in [0.25, 0.3) is 11.3 Å². The average Bonchev–Trinajstić information content (AvgIpc) is 2.79. The van der Waals surface area contributed by atoms with Crippen LogP contribution in [0.1, 0.15) is 40.0 Å². The van der Waals surface area contributed by atoms with Crippen molar-refractivity contribution in [3.05, 3.63) is 77.1 Å². The molecule has 1 N–H and O–H groups in total. The zero-order valence-corrected chi connectivity index (χ0v) is 18.3. The number of carbonyl (C=O) groups excluding carboxylic acids is 1. The second-order valence-corrected chi connectivity index (χ2v) is 7.96. The summed E-state index contributed by atoms with van der Waals surface area (Å²) in [6.45, 7) is 9.07. The summed E-state index contributed by atoms with van der Waals surface area (Å²) in [4.78, 5) is 24.3. The van der Waals surface area contributed by atoms with Crippen LogP contribution in [0.15, 0.2) is 54.9 Å². The van der Waals surface area contributed by atoms with Gasteiger partial charge in [0.25, 0.3) is 5.91 Å². The minimum absolute atomic E-state index is 0.0859. The minimum atomic E-state index is -0.105. The highest BCUT2D eigenvalue weighted by atomic mass is 16.5. The predicted molar refractivity (Wildman–Crippen MR) is 122 cm³/mol. The molecule has 1 saturated heterocycles. The summed E-state index contributed by atoms with van der Waals surface area (Å²) < 4.78 is 5.46. The van der Waals surface area contributed by atoms with E-state index in [4.69, 9.17) is 4.74 Å². The van der Waals surface area contributed by atoms with Crippen molar-refractivity contribution in [2.24, 2.45) is 0 Å². The van der Waals surface area contributed by atoms with Crippen LogP contribution < -0.4 is 10.2 Å². The Hall–Kier alpha value is -3.25. The van der Waals surface area contributed by atoms with Crippen molar-refractivity contribution < 1.29 is 9.53 Å². The second-order valence-electron chi connectivity index (χ2n) is 7.96. The van der Waals surface area contributed by atoms with Crippen LogP contribution in [0.4, 0.5) is 5.82 Å². The molecule has 1 fully saturated rings. The Bertz CT molecular complexity index is 1080. The summed E-state index contributed by atoms with van der Waals surface area (Å²) in [6.07, 6.45) is 3.39. The molecule has 0 unspecified atom stereocenters. The first-order valence-electron chi connectivity index (χ1n) is 10.6. The number of hydrogen-bond acceptors (Lipinski definition) is 5. The van der Waals surface area contributed by atoms with Gasteiger partial charge in [-0.05, 0) is 44.0 Å². The molecular weight excluding hydrogens is 388 g/mol. The molecule has 2 aromatic carbocycles. The fourth-order valence-electron chi connectivity index (χ4n) is 4.02. The van der Waals surface area contributed by atoms with Gasteiger partial charge in [0.15, 0.2) is 5.82 Å². The van der Waals surface area contributed by atoms with E-state index in [1.54, 1.807) is 12.4 Å². The highest BCUT2D eigenvalue weighted by molar-refractivity contribution is 5.96. The van der Waals surface area contributed by atoms with Crippen LogP contribution in [0.5, 0.6) is 0 Å². The molecule has 0 aliphatic carbocycles. The molecule has 0 bridgehead atoms. The number of ether oxygens (including phenoxy) is 1. The summed E-state index contributed by atoms with van der Waals surface area (Å²) >= 11 is 0. The standard InChI is InChI=1S/C25H28N4O2/c1-17-7-8-22(18(2)15-17)19(3)28-25(30)21-6-4-5-20(16-21)23-24(27-10-9-26-23)29-11-13-31-14-12-29/h4-10,15-16,19H,11-14H2,1-3H3,(H,28,30)/t19-/m1/s1. The van der Waals surface area contributed by atoms with E-state index < -0.39 is 0 Å². The van der Waals surface area contributed by atoms with E-state index in [0.29, 0.717) is 18.8 Å². The highest BCUT2D eigenvalue weighted by Crippen LogP contribution is 2.28. The van der Waals surface area contributed by atoms with E-state index in [1.807, 2.05) is 31.2 Å². The molecule has 0 saturated carbocycles. The molecule has 31 heavy (non-hydrogen) atoms. The number of morpholine rings is 1. The molecule has 0 radical (unpaired) electrons. The summed E-state index contributed by atoms with van der Waals surface area (Å²) in [5.41, 5.74) is 5.78. The molecule has 0 spiro atoms. The van der Waals surface area contributed by atoms with E-state index in [-0.39, 0.29) is 11.9 Å². The van der Waals surface area contributed by atoms with Crippen LogP contribution in [-0.4, -0.2) is 42.2 Å². The van der Waals surface area contributed by atoms with Gasteiger partial charge in [-0.2, -0.15) is 0 Å². The Kier molecular flexibility index (Phi) is 6.28. The lowest BCUT2D eigenvalue weighted by molar-refractivity contribution is 0.0940. The number of hydrogen-bond donors (Lipinski definition) is 1. The van der Waals surface area contributed by atoms with Crippen molar-refractivity contribution in [3.63, 3.8) is 0 Å². The van der Waals surface area contributed by atoms with Gasteiger partial charge in [0.05, 0.1) is 19.3 Å². The van der Waals surface area contributed by atoms with Gasteiger partial charge in [-0.15, -0.1) is 0 Å². The Morgan fingerprint density at radius 3 is 2.61 bits per heavy atom. The van der Waals surface area contributed by atoms with Gasteiger partial charge < -0.3 is 15.0 Å². The molecule has 1 amide bonds. The largest absolute Gasteiger partial charge is 0.378 e. The van der Waals surface area contributed by atoms with Crippen LogP contribution in [0.3, 0.4) is 0 Å². The first-order chi connectivity index (χ1) is 15.0. The summed E-state index contributed by atoms with van der Waals surface area (Å²) in [7, 11) is 0. The average molecular weight is 417 g/mol. The normalized spacial score (nSPS) is 14.9. The van der Waals surface area contributed by atoms with E-state index in [2.05, 4.69) is 52.2 Å². The summed E-state index contributed by atoms with van der Waals surface area (Å²) in [5, 5.41) is 3.13. The molecule has 1 aliphatic heterocycles. The number of aryl methyl sites for hydroxylation is 2. The fraction of sp³-hybridized carbons (Fsp3) is 0.320. The maximum atomic E-state index is 13.0. The number of nitrogens with one attached hydrogen (secondary N) is 1. The number of carbonyl (C=O) groups is 1. The number of amides is 1. The van der Waals surface area contributed by atoms with Gasteiger partial charge >= 0.3 is 0 Å². The highest BCUT2D eigenvalue weighted by Gasteiger charge is 2.19. The fourth-order valence-corrected chi connectivity index (χ4v) is 4.02. The van der Waals surface area contributed by atoms with E-state index in [0.717, 1.165) is 35.7 Å². The SMILES string of the molecule is Cc1ccc([C@@H](C)NC(=O)c2cccc(-c3nccnc3N3CCOCC3)c2)c(C)c1. The first kappa shape index (κ1) is 21.0. The van der Waals surface area contributed by atoms with Crippen LogP contribution in [0.2, 0.25) is 0 Å². The molecular formula is C25H28N4O2.